The molecular weight excluding hydrogens is 282 g/mol. The number of aryl methyl sites for hydroxylation is 1. The van der Waals surface area contributed by atoms with E-state index in [1.54, 1.807) is 20.8 Å². The van der Waals surface area contributed by atoms with Crippen LogP contribution in [0.2, 0.25) is 0 Å². The van der Waals surface area contributed by atoms with E-state index < -0.39 is 17.0 Å². The number of nitrogens with one attached hydrogen (secondary N) is 1. The third kappa shape index (κ3) is 2.84. The number of amides is 1. The first-order valence-corrected chi connectivity index (χ1v) is 7.03. The van der Waals surface area contributed by atoms with E-state index in [2.05, 4.69) is 16.5 Å². The summed E-state index contributed by atoms with van der Waals surface area (Å²) in [5.41, 5.74) is -0.479. The Kier molecular flexibility index (Phi) is 4.01. The van der Waals surface area contributed by atoms with Gasteiger partial charge in [0.2, 0.25) is 5.91 Å². The average molecular weight is 299 g/mol. The summed E-state index contributed by atoms with van der Waals surface area (Å²) in [5.74, 6) is -0.307. The van der Waals surface area contributed by atoms with E-state index in [1.807, 2.05) is 6.07 Å². The van der Waals surface area contributed by atoms with E-state index in [4.69, 9.17) is 5.26 Å². The number of carbonyl (C=O) groups excluding carboxylic acids is 1. The molecule has 7 nitrogen and oxygen atoms in total. The Balaban J connectivity index is 2.23. The van der Waals surface area contributed by atoms with Gasteiger partial charge in [0.25, 0.3) is 5.56 Å². The van der Waals surface area contributed by atoms with Crippen molar-refractivity contribution in [1.29, 1.82) is 10.5 Å². The van der Waals surface area contributed by atoms with Crippen LogP contribution in [0.15, 0.2) is 4.79 Å². The first kappa shape index (κ1) is 15.7. The summed E-state index contributed by atoms with van der Waals surface area (Å²) in [5, 5.41) is 25.0. The zero-order chi connectivity index (χ0) is 16.5. The van der Waals surface area contributed by atoms with Crippen LogP contribution in [0, 0.1) is 42.4 Å². The highest BCUT2D eigenvalue weighted by molar-refractivity contribution is 5.77. The minimum Gasteiger partial charge on any atom is -0.336 e. The van der Waals surface area contributed by atoms with E-state index in [0.717, 1.165) is 17.5 Å². The molecular formula is C15H17N5O2. The van der Waals surface area contributed by atoms with Crippen molar-refractivity contribution in [2.24, 2.45) is 5.92 Å². The third-order valence-corrected chi connectivity index (χ3v) is 4.07. The highest BCUT2D eigenvalue weighted by Crippen LogP contribution is 2.39. The third-order valence-electron chi connectivity index (χ3n) is 4.07. The van der Waals surface area contributed by atoms with Crippen LogP contribution in [-0.2, 0) is 11.3 Å². The van der Waals surface area contributed by atoms with E-state index >= 15 is 0 Å². The van der Waals surface area contributed by atoms with E-state index in [1.165, 1.54) is 0 Å². The van der Waals surface area contributed by atoms with Gasteiger partial charge in [-0.05, 0) is 45.1 Å². The Morgan fingerprint density at radius 3 is 2.59 bits per heavy atom. The minimum absolute atomic E-state index is 0.00876. The Morgan fingerprint density at radius 2 is 2.09 bits per heavy atom. The summed E-state index contributed by atoms with van der Waals surface area (Å²) in [6.07, 6.45) is 1.81. The molecule has 7 heteroatoms. The van der Waals surface area contributed by atoms with E-state index in [-0.39, 0.29) is 18.0 Å². The van der Waals surface area contributed by atoms with Crippen molar-refractivity contribution in [1.82, 2.24) is 15.1 Å². The zero-order valence-corrected chi connectivity index (χ0v) is 12.8. The molecule has 114 valence electrons. The van der Waals surface area contributed by atoms with Crippen LogP contribution < -0.4 is 10.9 Å². The second-order valence-corrected chi connectivity index (χ2v) is 5.80. The Hall–Kier alpha value is -2.67. The van der Waals surface area contributed by atoms with Crippen LogP contribution in [0.4, 0.5) is 0 Å². The second-order valence-electron chi connectivity index (χ2n) is 5.80. The lowest BCUT2D eigenvalue weighted by molar-refractivity contribution is -0.123. The molecule has 1 aliphatic rings. The molecule has 0 aliphatic heterocycles. The van der Waals surface area contributed by atoms with Crippen molar-refractivity contribution in [2.45, 2.75) is 45.7 Å². The number of nitriles is 2. The summed E-state index contributed by atoms with van der Waals surface area (Å²) >= 11 is 0. The van der Waals surface area contributed by atoms with Crippen molar-refractivity contribution in [2.75, 3.05) is 0 Å². The average Bonchev–Trinajstić information content (AvgIpc) is 3.30. The molecule has 0 aromatic carbocycles. The first-order valence-electron chi connectivity index (χ1n) is 7.03. The molecule has 1 N–H and O–H groups in total. The van der Waals surface area contributed by atoms with Gasteiger partial charge in [0, 0.05) is 0 Å². The molecule has 0 radical (unpaired) electrons. The molecule has 1 aromatic heterocycles. The number of rotatable bonds is 4. The van der Waals surface area contributed by atoms with Gasteiger partial charge in [-0.2, -0.15) is 15.6 Å². The second kappa shape index (κ2) is 5.61. The predicted molar refractivity (Wildman–Crippen MR) is 77.6 cm³/mol. The first-order chi connectivity index (χ1) is 10.3. The zero-order valence-electron chi connectivity index (χ0n) is 12.8. The normalized spacial score (nSPS) is 16.2. The SMILES string of the molecule is Cc1nn(CC(=O)N[C@](C)(C#N)C2CC2)c(=O)c(C#N)c1C. The Bertz CT molecular complexity index is 764. The minimum atomic E-state index is -0.918. The molecule has 22 heavy (non-hydrogen) atoms. The molecule has 1 aromatic rings. The summed E-state index contributed by atoms with van der Waals surface area (Å²) in [6, 6.07) is 3.97. The van der Waals surface area contributed by atoms with E-state index in [9.17, 15) is 14.9 Å². The monoisotopic (exact) mass is 299 g/mol. The molecule has 1 saturated carbocycles. The highest BCUT2D eigenvalue weighted by atomic mass is 16.2. The van der Waals surface area contributed by atoms with Gasteiger partial charge in [-0.15, -0.1) is 0 Å². The van der Waals surface area contributed by atoms with Crippen molar-refractivity contribution in [3.63, 3.8) is 0 Å². The number of aromatic nitrogens is 2. The number of hydrogen-bond donors (Lipinski definition) is 1. The molecule has 0 bridgehead atoms. The van der Waals surface area contributed by atoms with Crippen LogP contribution in [0.5, 0.6) is 0 Å². The molecule has 1 aliphatic carbocycles. The smallest absolute Gasteiger partial charge is 0.285 e. The van der Waals surface area contributed by atoms with Gasteiger partial charge in [0.05, 0.1) is 11.8 Å². The fourth-order valence-corrected chi connectivity index (χ4v) is 2.36. The molecule has 1 amide bonds. The Labute approximate surface area is 128 Å². The van der Waals surface area contributed by atoms with E-state index in [0.29, 0.717) is 11.3 Å². The summed E-state index contributed by atoms with van der Waals surface area (Å²) in [7, 11) is 0. The van der Waals surface area contributed by atoms with Gasteiger partial charge in [-0.3, -0.25) is 9.59 Å². The van der Waals surface area contributed by atoms with Gasteiger partial charge < -0.3 is 5.32 Å². The lowest BCUT2D eigenvalue weighted by Crippen LogP contribution is -2.49. The lowest BCUT2D eigenvalue weighted by atomic mass is 9.98. The van der Waals surface area contributed by atoms with Crippen LogP contribution in [-0.4, -0.2) is 21.2 Å². The van der Waals surface area contributed by atoms with Gasteiger partial charge in [0.15, 0.2) is 0 Å². The Morgan fingerprint density at radius 1 is 1.45 bits per heavy atom. The van der Waals surface area contributed by atoms with Gasteiger partial charge >= 0.3 is 0 Å². The number of nitrogens with zero attached hydrogens (tertiary/aromatic N) is 4. The molecule has 0 unspecified atom stereocenters. The molecule has 1 fully saturated rings. The van der Waals surface area contributed by atoms with Crippen molar-refractivity contribution in [3.8, 4) is 12.1 Å². The quantitative estimate of drug-likeness (QED) is 0.872. The standard InChI is InChI=1S/C15H17N5O2/c1-9-10(2)19-20(14(22)12(9)6-16)7-13(21)18-15(3,8-17)11-4-5-11/h11H,4-5,7H2,1-3H3,(H,18,21)/t15-/m1/s1. The van der Waals surface area contributed by atoms with Crippen LogP contribution in [0.3, 0.4) is 0 Å². The van der Waals surface area contributed by atoms with Gasteiger partial charge in [-0.25, -0.2) is 4.68 Å². The molecule has 0 spiro atoms. The molecule has 1 atom stereocenters. The highest BCUT2D eigenvalue weighted by Gasteiger charge is 2.43. The van der Waals surface area contributed by atoms with Crippen molar-refractivity contribution >= 4 is 5.91 Å². The number of carbonyl (C=O) groups is 1. The topological polar surface area (TPSA) is 112 Å². The summed E-state index contributed by atoms with van der Waals surface area (Å²) < 4.78 is 0.973. The maximum Gasteiger partial charge on any atom is 0.285 e. The van der Waals surface area contributed by atoms with Crippen molar-refractivity contribution in [3.05, 3.63) is 27.2 Å². The predicted octanol–water partition coefficient (Wildman–Crippen LogP) is 0.540. The maximum atomic E-state index is 12.1. The molecule has 0 saturated heterocycles. The fraction of sp³-hybridized carbons (Fsp3) is 0.533. The summed E-state index contributed by atoms with van der Waals surface area (Å²) in [6.45, 7) is 4.69. The molecule has 2 rings (SSSR count). The van der Waals surface area contributed by atoms with Crippen LogP contribution >= 0.6 is 0 Å². The maximum absolute atomic E-state index is 12.1. The van der Waals surface area contributed by atoms with Crippen molar-refractivity contribution < 1.29 is 4.79 Å². The molecule has 1 heterocycles. The largest absolute Gasteiger partial charge is 0.336 e. The summed E-state index contributed by atoms with van der Waals surface area (Å²) in [4.78, 5) is 24.2. The van der Waals surface area contributed by atoms with Crippen LogP contribution in [0.1, 0.15) is 36.6 Å². The number of hydrogen-bond acceptors (Lipinski definition) is 5. The fourth-order valence-electron chi connectivity index (χ4n) is 2.36. The van der Waals surface area contributed by atoms with Gasteiger partial charge in [0.1, 0.15) is 23.7 Å². The van der Waals surface area contributed by atoms with Crippen LogP contribution in [0.25, 0.3) is 0 Å². The van der Waals surface area contributed by atoms with Gasteiger partial charge in [-0.1, -0.05) is 0 Å². The lowest BCUT2D eigenvalue weighted by Gasteiger charge is -2.23.